The molecule has 0 aromatic carbocycles. The lowest BCUT2D eigenvalue weighted by atomic mass is 9.97. The van der Waals surface area contributed by atoms with Gasteiger partial charge in [0.25, 0.3) is 15.9 Å². The maximum atomic E-state index is 13.1. The summed E-state index contributed by atoms with van der Waals surface area (Å²) in [5.74, 6) is 0.433. The predicted octanol–water partition coefficient (Wildman–Crippen LogP) is 3.93. The van der Waals surface area contributed by atoms with Crippen LogP contribution in [0, 0.1) is 5.92 Å². The predicted molar refractivity (Wildman–Crippen MR) is 126 cm³/mol. The van der Waals surface area contributed by atoms with Gasteiger partial charge in [0.15, 0.2) is 5.03 Å². The number of nitrogens with one attached hydrogen (secondary N) is 1. The largest absolute Gasteiger partial charge is 0.471 e. The molecule has 33 heavy (non-hydrogen) atoms. The van der Waals surface area contributed by atoms with E-state index in [9.17, 15) is 13.2 Å². The smallest absolute Gasteiger partial charge is 0.281 e. The van der Waals surface area contributed by atoms with Crippen molar-refractivity contribution >= 4 is 21.7 Å². The number of ether oxygens (including phenoxy) is 1. The van der Waals surface area contributed by atoms with Crippen LogP contribution in [0.25, 0.3) is 0 Å². The third kappa shape index (κ3) is 4.98. The lowest BCUT2D eigenvalue weighted by Crippen LogP contribution is -2.41. The van der Waals surface area contributed by atoms with Gasteiger partial charge in [-0.2, -0.15) is 13.4 Å². The van der Waals surface area contributed by atoms with Gasteiger partial charge in [-0.1, -0.05) is 13.0 Å². The van der Waals surface area contributed by atoms with E-state index in [1.165, 1.54) is 6.07 Å². The Morgan fingerprint density at radius 3 is 2.55 bits per heavy atom. The highest BCUT2D eigenvalue weighted by atomic mass is 32.2. The summed E-state index contributed by atoms with van der Waals surface area (Å²) in [4.78, 5) is 23.8. The Hall–Kier alpha value is -2.68. The quantitative estimate of drug-likeness (QED) is 0.680. The van der Waals surface area contributed by atoms with Crippen LogP contribution in [0.3, 0.4) is 0 Å². The number of nitrogens with zero attached hydrogens (tertiary/aromatic N) is 3. The molecule has 0 bridgehead atoms. The van der Waals surface area contributed by atoms with E-state index in [-0.39, 0.29) is 27.6 Å². The average Bonchev–Trinajstić information content (AvgIpc) is 3.29. The standard InChI is InChI=1S/C24H32N4O4S/c1-17-15-23(2,3)28(16-17)21-18(9-8-14-25-21)22(29)27-33(30,31)20-11-7-10-19(26-20)32-24(4)12-5-6-13-24/h7-11,14,17H,5-6,12-13,15-16H2,1-4H3,(H,27,29). The Balaban J connectivity index is 1.57. The number of hydrogen-bond donors (Lipinski definition) is 1. The molecule has 1 N–H and O–H groups in total. The first-order valence-electron chi connectivity index (χ1n) is 11.5. The molecule has 1 amide bonds. The Bertz CT molecular complexity index is 1140. The lowest BCUT2D eigenvalue weighted by Gasteiger charge is -2.33. The molecule has 9 heteroatoms. The van der Waals surface area contributed by atoms with Gasteiger partial charge < -0.3 is 9.64 Å². The van der Waals surface area contributed by atoms with E-state index in [0.29, 0.717) is 11.7 Å². The highest BCUT2D eigenvalue weighted by Gasteiger charge is 2.39. The summed E-state index contributed by atoms with van der Waals surface area (Å²) >= 11 is 0. The van der Waals surface area contributed by atoms with Gasteiger partial charge in [-0.3, -0.25) is 4.79 Å². The molecule has 0 spiro atoms. The van der Waals surface area contributed by atoms with E-state index >= 15 is 0 Å². The van der Waals surface area contributed by atoms with Crippen LogP contribution in [-0.4, -0.2) is 42.0 Å². The molecule has 0 radical (unpaired) electrons. The summed E-state index contributed by atoms with van der Waals surface area (Å²) in [6.07, 6.45) is 6.52. The van der Waals surface area contributed by atoms with Gasteiger partial charge in [0.1, 0.15) is 11.4 Å². The van der Waals surface area contributed by atoms with E-state index in [4.69, 9.17) is 4.74 Å². The maximum absolute atomic E-state index is 13.1. The molecule has 2 aromatic heterocycles. The summed E-state index contributed by atoms with van der Waals surface area (Å²) in [6.45, 7) is 9.11. The maximum Gasteiger partial charge on any atom is 0.281 e. The molecule has 4 rings (SSSR count). The molecule has 1 atom stereocenters. The summed E-state index contributed by atoms with van der Waals surface area (Å²) < 4.78 is 34.2. The number of amides is 1. The van der Waals surface area contributed by atoms with Crippen molar-refractivity contribution in [2.45, 2.75) is 76.0 Å². The second kappa shape index (κ2) is 8.59. The normalized spacial score (nSPS) is 21.7. The summed E-state index contributed by atoms with van der Waals surface area (Å²) in [7, 11) is -4.20. The number of pyridine rings is 2. The van der Waals surface area contributed by atoms with Crippen molar-refractivity contribution in [2.75, 3.05) is 11.4 Å². The van der Waals surface area contributed by atoms with Crippen LogP contribution in [0.5, 0.6) is 5.88 Å². The monoisotopic (exact) mass is 472 g/mol. The van der Waals surface area contributed by atoms with E-state index in [1.807, 2.05) is 6.92 Å². The molecule has 1 saturated carbocycles. The molecule has 1 unspecified atom stereocenters. The highest BCUT2D eigenvalue weighted by Crippen LogP contribution is 2.37. The first kappa shape index (κ1) is 23.5. The molecule has 3 heterocycles. The number of carbonyl (C=O) groups excluding carboxylic acids is 1. The number of hydrogen-bond acceptors (Lipinski definition) is 7. The lowest BCUT2D eigenvalue weighted by molar-refractivity contribution is 0.0898. The first-order chi connectivity index (χ1) is 15.5. The molecule has 2 aromatic rings. The number of sulfonamides is 1. The molecule has 2 fully saturated rings. The Morgan fingerprint density at radius 2 is 1.88 bits per heavy atom. The van der Waals surface area contributed by atoms with Crippen LogP contribution in [0.4, 0.5) is 5.82 Å². The zero-order valence-corrected chi connectivity index (χ0v) is 20.5. The topological polar surface area (TPSA) is 101 Å². The number of anilines is 1. The Kier molecular flexibility index (Phi) is 6.11. The number of rotatable bonds is 6. The van der Waals surface area contributed by atoms with Gasteiger partial charge >= 0.3 is 0 Å². The zero-order valence-electron chi connectivity index (χ0n) is 19.7. The van der Waals surface area contributed by atoms with Crippen LogP contribution >= 0.6 is 0 Å². The molecule has 8 nitrogen and oxygen atoms in total. The van der Waals surface area contributed by atoms with E-state index in [2.05, 4.69) is 40.4 Å². The summed E-state index contributed by atoms with van der Waals surface area (Å²) in [5.41, 5.74) is -0.317. The minimum atomic E-state index is -4.20. The van der Waals surface area contributed by atoms with Gasteiger partial charge in [0, 0.05) is 24.3 Å². The molecular weight excluding hydrogens is 440 g/mol. The fourth-order valence-electron chi connectivity index (χ4n) is 5.06. The van der Waals surface area contributed by atoms with Gasteiger partial charge in [0.05, 0.1) is 5.56 Å². The van der Waals surface area contributed by atoms with Crippen molar-refractivity contribution in [3.05, 3.63) is 42.1 Å². The molecule has 2 aliphatic rings. The van der Waals surface area contributed by atoms with Gasteiger partial charge in [-0.15, -0.1) is 0 Å². The zero-order chi connectivity index (χ0) is 23.9. The van der Waals surface area contributed by atoms with Crippen molar-refractivity contribution in [1.82, 2.24) is 14.7 Å². The number of carbonyl (C=O) groups is 1. The van der Waals surface area contributed by atoms with E-state index in [1.54, 1.807) is 30.5 Å². The van der Waals surface area contributed by atoms with Crippen molar-refractivity contribution < 1.29 is 17.9 Å². The highest BCUT2D eigenvalue weighted by molar-refractivity contribution is 7.90. The molecule has 1 aliphatic heterocycles. The second-order valence-electron chi connectivity index (χ2n) is 10.1. The minimum absolute atomic E-state index is 0.189. The van der Waals surface area contributed by atoms with E-state index in [0.717, 1.165) is 38.6 Å². The third-order valence-corrected chi connectivity index (χ3v) is 7.80. The summed E-state index contributed by atoms with van der Waals surface area (Å²) in [5, 5.41) is -0.254. The first-order valence-corrected chi connectivity index (χ1v) is 12.9. The second-order valence-corrected chi connectivity index (χ2v) is 11.7. The molecular formula is C24H32N4O4S. The minimum Gasteiger partial charge on any atom is -0.471 e. The van der Waals surface area contributed by atoms with Crippen molar-refractivity contribution in [3.8, 4) is 5.88 Å². The SMILES string of the molecule is CC1CN(c2ncccc2C(=O)NS(=O)(=O)c2cccc(OC3(C)CCCC3)n2)C(C)(C)C1. The van der Waals surface area contributed by atoms with Gasteiger partial charge in [-0.05, 0) is 77.0 Å². The molecule has 1 saturated heterocycles. The Labute approximate surface area is 195 Å². The fourth-order valence-corrected chi connectivity index (χ4v) is 5.98. The van der Waals surface area contributed by atoms with E-state index < -0.39 is 15.9 Å². The van der Waals surface area contributed by atoms with Crippen LogP contribution in [0.15, 0.2) is 41.6 Å². The van der Waals surface area contributed by atoms with Crippen molar-refractivity contribution in [3.63, 3.8) is 0 Å². The molecule has 178 valence electrons. The third-order valence-electron chi connectivity index (χ3n) is 6.57. The van der Waals surface area contributed by atoms with Crippen LogP contribution in [-0.2, 0) is 10.0 Å². The Morgan fingerprint density at radius 1 is 1.15 bits per heavy atom. The van der Waals surface area contributed by atoms with Crippen LogP contribution in [0.1, 0.15) is 70.2 Å². The van der Waals surface area contributed by atoms with Crippen LogP contribution < -0.4 is 14.4 Å². The number of aromatic nitrogens is 2. The van der Waals surface area contributed by atoms with Crippen molar-refractivity contribution in [1.29, 1.82) is 0 Å². The fraction of sp³-hybridized carbons (Fsp3) is 0.542. The van der Waals surface area contributed by atoms with Gasteiger partial charge in [-0.25, -0.2) is 9.71 Å². The van der Waals surface area contributed by atoms with Crippen LogP contribution in [0.2, 0.25) is 0 Å². The summed E-state index contributed by atoms with van der Waals surface area (Å²) in [6, 6.07) is 7.80. The van der Waals surface area contributed by atoms with Gasteiger partial charge in [0.2, 0.25) is 5.88 Å². The average molecular weight is 473 g/mol. The van der Waals surface area contributed by atoms with Crippen molar-refractivity contribution in [2.24, 2.45) is 5.92 Å². The molecule has 1 aliphatic carbocycles.